The Morgan fingerprint density at radius 2 is 1.93 bits per heavy atom. The van der Waals surface area contributed by atoms with Gasteiger partial charge in [0.15, 0.2) is 0 Å². The van der Waals surface area contributed by atoms with Crippen LogP contribution in [0, 0.1) is 0 Å². The lowest BCUT2D eigenvalue weighted by molar-refractivity contribution is -0.141. The number of hydrazone groups is 1. The van der Waals surface area contributed by atoms with E-state index in [1.165, 1.54) is 7.11 Å². The Balaban J connectivity index is 1.71. The number of rotatable bonds is 6. The Morgan fingerprint density at radius 3 is 2.67 bits per heavy atom. The molecule has 27 heavy (non-hydrogen) atoms. The third-order valence-electron chi connectivity index (χ3n) is 4.02. The molecule has 0 aliphatic carbocycles. The molecule has 3 rings (SSSR count). The summed E-state index contributed by atoms with van der Waals surface area (Å²) in [6.07, 6.45) is 3.64. The number of methoxy groups -OCH3 is 1. The molecule has 2 aromatic carbocycles. The smallest absolute Gasteiger partial charge is 0.325 e. The zero-order valence-corrected chi connectivity index (χ0v) is 16.3. The van der Waals surface area contributed by atoms with E-state index in [4.69, 9.17) is 4.74 Å². The molecule has 0 fully saturated rings. The number of aromatic nitrogens is 1. The molecule has 7 heteroatoms. The van der Waals surface area contributed by atoms with Gasteiger partial charge in [-0.1, -0.05) is 46.3 Å². The van der Waals surface area contributed by atoms with Gasteiger partial charge in [-0.3, -0.25) is 9.59 Å². The van der Waals surface area contributed by atoms with Crippen LogP contribution in [0.4, 0.5) is 0 Å². The van der Waals surface area contributed by atoms with Gasteiger partial charge in [-0.2, -0.15) is 5.10 Å². The molecule has 1 aromatic heterocycles. The summed E-state index contributed by atoms with van der Waals surface area (Å²) in [5, 5.41) is 4.99. The van der Waals surface area contributed by atoms with E-state index < -0.39 is 0 Å². The minimum atomic E-state index is -0.331. The summed E-state index contributed by atoms with van der Waals surface area (Å²) in [5.74, 6) is -0.533. The maximum atomic E-state index is 12.0. The first-order valence-corrected chi connectivity index (χ1v) is 9.07. The van der Waals surface area contributed by atoms with E-state index >= 15 is 0 Å². The molecule has 0 spiro atoms. The molecule has 0 bridgehead atoms. The number of esters is 1. The van der Waals surface area contributed by atoms with Crippen LogP contribution in [0.1, 0.15) is 11.1 Å². The standard InChI is InChI=1S/C20H18BrN3O3/c1-27-20(26)13-24-12-15(17-4-2-3-5-18(17)24)11-22-23-19(25)10-14-6-8-16(21)9-7-14/h2-9,11-12H,10,13H2,1H3,(H,23,25)/b22-11-. The Bertz CT molecular complexity index is 993. The van der Waals surface area contributed by atoms with Crippen molar-refractivity contribution in [2.75, 3.05) is 7.11 Å². The highest BCUT2D eigenvalue weighted by atomic mass is 79.9. The van der Waals surface area contributed by atoms with E-state index in [1.54, 1.807) is 10.8 Å². The molecule has 3 aromatic rings. The topological polar surface area (TPSA) is 72.7 Å². The lowest BCUT2D eigenvalue weighted by Gasteiger charge is -2.02. The summed E-state index contributed by atoms with van der Waals surface area (Å²) in [5.41, 5.74) is 5.14. The van der Waals surface area contributed by atoms with Crippen molar-refractivity contribution in [3.63, 3.8) is 0 Å². The molecule has 1 N–H and O–H groups in total. The van der Waals surface area contributed by atoms with Crippen LogP contribution in [0.25, 0.3) is 10.9 Å². The number of carbonyl (C=O) groups excluding carboxylic acids is 2. The van der Waals surface area contributed by atoms with Gasteiger partial charge in [0.25, 0.3) is 0 Å². The number of benzene rings is 2. The molecule has 138 valence electrons. The molecular formula is C20H18BrN3O3. The number of nitrogens with one attached hydrogen (secondary N) is 1. The van der Waals surface area contributed by atoms with Crippen molar-refractivity contribution in [3.8, 4) is 0 Å². The zero-order valence-electron chi connectivity index (χ0n) is 14.7. The summed E-state index contributed by atoms with van der Waals surface area (Å²) >= 11 is 3.37. The van der Waals surface area contributed by atoms with Crippen molar-refractivity contribution in [1.82, 2.24) is 9.99 Å². The number of hydrogen-bond donors (Lipinski definition) is 1. The van der Waals surface area contributed by atoms with Crippen LogP contribution in [-0.2, 0) is 27.3 Å². The van der Waals surface area contributed by atoms with Crippen LogP contribution in [0.5, 0.6) is 0 Å². The van der Waals surface area contributed by atoms with Gasteiger partial charge >= 0.3 is 5.97 Å². The summed E-state index contributed by atoms with van der Waals surface area (Å²) < 4.78 is 7.50. The first kappa shape index (κ1) is 18.8. The van der Waals surface area contributed by atoms with E-state index in [1.807, 2.05) is 54.7 Å². The van der Waals surface area contributed by atoms with Gasteiger partial charge < -0.3 is 9.30 Å². The van der Waals surface area contributed by atoms with E-state index in [0.29, 0.717) is 0 Å². The number of amides is 1. The number of para-hydroxylation sites is 1. The second-order valence-electron chi connectivity index (χ2n) is 5.90. The number of halogens is 1. The largest absolute Gasteiger partial charge is 0.468 e. The fourth-order valence-electron chi connectivity index (χ4n) is 2.71. The Hall–Kier alpha value is -2.93. The second kappa shape index (κ2) is 8.64. The van der Waals surface area contributed by atoms with Gasteiger partial charge in [-0.25, -0.2) is 5.43 Å². The van der Waals surface area contributed by atoms with Crippen LogP contribution < -0.4 is 5.43 Å². The highest BCUT2D eigenvalue weighted by molar-refractivity contribution is 9.10. The van der Waals surface area contributed by atoms with Gasteiger partial charge in [0.2, 0.25) is 5.91 Å². The van der Waals surface area contributed by atoms with Crippen LogP contribution in [0.2, 0.25) is 0 Å². The van der Waals surface area contributed by atoms with Crippen LogP contribution in [0.3, 0.4) is 0 Å². The van der Waals surface area contributed by atoms with E-state index in [-0.39, 0.29) is 24.8 Å². The average molecular weight is 428 g/mol. The quantitative estimate of drug-likeness (QED) is 0.372. The minimum Gasteiger partial charge on any atom is -0.468 e. The zero-order chi connectivity index (χ0) is 19.2. The lowest BCUT2D eigenvalue weighted by atomic mass is 10.1. The Labute approximate surface area is 164 Å². The first-order chi connectivity index (χ1) is 13.1. The second-order valence-corrected chi connectivity index (χ2v) is 6.82. The van der Waals surface area contributed by atoms with E-state index in [0.717, 1.165) is 26.5 Å². The van der Waals surface area contributed by atoms with Gasteiger partial charge in [-0.15, -0.1) is 0 Å². The molecule has 6 nitrogen and oxygen atoms in total. The maximum Gasteiger partial charge on any atom is 0.325 e. The van der Waals surface area contributed by atoms with Crippen LogP contribution in [0.15, 0.2) is 64.3 Å². The first-order valence-electron chi connectivity index (χ1n) is 8.28. The van der Waals surface area contributed by atoms with Gasteiger partial charge in [0.1, 0.15) is 6.54 Å². The van der Waals surface area contributed by atoms with Crippen LogP contribution >= 0.6 is 15.9 Å². The van der Waals surface area contributed by atoms with E-state index in [9.17, 15) is 9.59 Å². The number of nitrogens with zero attached hydrogens (tertiary/aromatic N) is 2. The molecule has 0 saturated carbocycles. The van der Waals surface area contributed by atoms with Crippen molar-refractivity contribution < 1.29 is 14.3 Å². The summed E-state index contributed by atoms with van der Waals surface area (Å²) in [7, 11) is 1.36. The number of fused-ring (bicyclic) bond motifs is 1. The average Bonchev–Trinajstić information content (AvgIpc) is 3.01. The summed E-state index contributed by atoms with van der Waals surface area (Å²) in [4.78, 5) is 23.6. The monoisotopic (exact) mass is 427 g/mol. The van der Waals surface area contributed by atoms with E-state index in [2.05, 4.69) is 26.5 Å². The molecule has 1 heterocycles. The predicted octanol–water partition coefficient (Wildman–Crippen LogP) is 3.27. The van der Waals surface area contributed by atoms with Gasteiger partial charge in [-0.05, 0) is 23.8 Å². The molecule has 0 atom stereocenters. The molecule has 0 aliphatic heterocycles. The SMILES string of the molecule is COC(=O)Cn1cc(/C=N\NC(=O)Cc2ccc(Br)cc2)c2ccccc21. The summed E-state index contributed by atoms with van der Waals surface area (Å²) in [6.45, 7) is 0.112. The van der Waals surface area contributed by atoms with Gasteiger partial charge in [0, 0.05) is 27.1 Å². The van der Waals surface area contributed by atoms with Crippen molar-refractivity contribution in [2.45, 2.75) is 13.0 Å². The molecule has 0 saturated heterocycles. The molecular weight excluding hydrogens is 410 g/mol. The van der Waals surface area contributed by atoms with Crippen molar-refractivity contribution >= 4 is 44.9 Å². The highest BCUT2D eigenvalue weighted by Gasteiger charge is 2.10. The highest BCUT2D eigenvalue weighted by Crippen LogP contribution is 2.20. The molecule has 0 unspecified atom stereocenters. The Kier molecular flexibility index (Phi) is 6.03. The molecule has 0 radical (unpaired) electrons. The fourth-order valence-corrected chi connectivity index (χ4v) is 2.98. The van der Waals surface area contributed by atoms with Crippen molar-refractivity contribution in [1.29, 1.82) is 0 Å². The minimum absolute atomic E-state index is 0.112. The third kappa shape index (κ3) is 4.83. The van der Waals surface area contributed by atoms with Crippen molar-refractivity contribution in [3.05, 3.63) is 70.3 Å². The van der Waals surface area contributed by atoms with Crippen LogP contribution in [-0.4, -0.2) is 29.8 Å². The lowest BCUT2D eigenvalue weighted by Crippen LogP contribution is -2.19. The summed E-state index contributed by atoms with van der Waals surface area (Å²) in [6, 6.07) is 15.2. The maximum absolute atomic E-state index is 12.0. The normalized spacial score (nSPS) is 11.0. The number of ether oxygens (including phenoxy) is 1. The fraction of sp³-hybridized carbons (Fsp3) is 0.150. The van der Waals surface area contributed by atoms with Crippen molar-refractivity contribution in [2.24, 2.45) is 5.10 Å². The number of carbonyl (C=O) groups is 2. The molecule has 0 aliphatic rings. The number of hydrogen-bond acceptors (Lipinski definition) is 4. The predicted molar refractivity (Wildman–Crippen MR) is 108 cm³/mol. The van der Waals surface area contributed by atoms with Gasteiger partial charge in [0.05, 0.1) is 19.7 Å². The third-order valence-corrected chi connectivity index (χ3v) is 4.55. The Morgan fingerprint density at radius 1 is 1.19 bits per heavy atom. The molecule has 1 amide bonds.